The van der Waals surface area contributed by atoms with Crippen molar-refractivity contribution in [2.75, 3.05) is 20.1 Å². The maximum Gasteiger partial charge on any atom is 0.189 e. The quantitative estimate of drug-likeness (QED) is 0.258. The van der Waals surface area contributed by atoms with E-state index in [9.17, 15) is 4.79 Å². The van der Waals surface area contributed by atoms with Crippen molar-refractivity contribution in [2.24, 2.45) is 0 Å². The first-order valence-corrected chi connectivity index (χ1v) is 13.8. The molecule has 5 rings (SSSR count). The fraction of sp³-hybridized carbons (Fsp3) is 0.364. The van der Waals surface area contributed by atoms with Crippen LogP contribution in [0.3, 0.4) is 0 Å². The Morgan fingerprint density at radius 3 is 2.08 bits per heavy atom. The van der Waals surface area contributed by atoms with E-state index in [1.165, 1.54) is 5.56 Å². The summed E-state index contributed by atoms with van der Waals surface area (Å²) in [7, 11) is 2.16. The lowest BCUT2D eigenvalue weighted by molar-refractivity contribution is 0.0988. The van der Waals surface area contributed by atoms with Gasteiger partial charge in [0.15, 0.2) is 5.78 Å². The number of carbonyl (C=O) groups excluding carboxylic acids is 1. The molecule has 0 unspecified atom stereocenters. The van der Waals surface area contributed by atoms with Gasteiger partial charge in [0, 0.05) is 19.5 Å². The third-order valence-corrected chi connectivity index (χ3v) is 7.46. The van der Waals surface area contributed by atoms with Gasteiger partial charge in [0.2, 0.25) is 0 Å². The SMILES string of the molecule is CN1CCC(Oc2ccc(-c3ccc(CC(=O)c4cn(Cc5ccc(C(C)(C)C)cc5)nn4)cc3)cc2)CC1. The molecule has 1 aliphatic heterocycles. The van der Waals surface area contributed by atoms with E-state index in [1.54, 1.807) is 10.9 Å². The predicted molar refractivity (Wildman–Crippen MR) is 155 cm³/mol. The van der Waals surface area contributed by atoms with Crippen molar-refractivity contribution >= 4 is 5.78 Å². The maximum atomic E-state index is 12.9. The zero-order chi connectivity index (χ0) is 27.4. The molecule has 6 nitrogen and oxygen atoms in total. The number of rotatable bonds is 8. The summed E-state index contributed by atoms with van der Waals surface area (Å²) in [5.74, 6) is 0.887. The molecule has 6 heteroatoms. The van der Waals surface area contributed by atoms with Crippen LogP contribution in [0.25, 0.3) is 11.1 Å². The number of ketones is 1. The van der Waals surface area contributed by atoms with Crippen LogP contribution in [0.15, 0.2) is 79.0 Å². The third kappa shape index (κ3) is 7.01. The van der Waals surface area contributed by atoms with Crippen molar-refractivity contribution in [2.45, 2.75) is 58.1 Å². The first-order valence-electron chi connectivity index (χ1n) is 13.8. The number of piperidine rings is 1. The lowest BCUT2D eigenvalue weighted by Gasteiger charge is -2.29. The number of nitrogens with zero attached hydrogens (tertiary/aromatic N) is 4. The van der Waals surface area contributed by atoms with Crippen LogP contribution >= 0.6 is 0 Å². The zero-order valence-electron chi connectivity index (χ0n) is 23.4. The molecule has 0 aliphatic carbocycles. The molecule has 0 amide bonds. The number of likely N-dealkylation sites (tertiary alicyclic amines) is 1. The molecule has 39 heavy (non-hydrogen) atoms. The highest BCUT2D eigenvalue weighted by Gasteiger charge is 2.18. The second kappa shape index (κ2) is 11.5. The molecule has 0 atom stereocenters. The highest BCUT2D eigenvalue weighted by Crippen LogP contribution is 2.25. The number of benzene rings is 3. The van der Waals surface area contributed by atoms with E-state index >= 15 is 0 Å². The zero-order valence-corrected chi connectivity index (χ0v) is 23.4. The van der Waals surface area contributed by atoms with E-state index in [2.05, 4.69) is 91.6 Å². The molecule has 0 radical (unpaired) electrons. The van der Waals surface area contributed by atoms with Crippen molar-refractivity contribution in [3.05, 3.63) is 101 Å². The Balaban J connectivity index is 1.15. The Hall–Kier alpha value is -3.77. The van der Waals surface area contributed by atoms with E-state index in [4.69, 9.17) is 4.74 Å². The molecule has 1 fully saturated rings. The summed E-state index contributed by atoms with van der Waals surface area (Å²) in [6.07, 6.45) is 4.47. The Bertz CT molecular complexity index is 1380. The largest absolute Gasteiger partial charge is 0.490 e. The topological polar surface area (TPSA) is 60.2 Å². The van der Waals surface area contributed by atoms with Gasteiger partial charge in [-0.05, 0) is 65.3 Å². The summed E-state index contributed by atoms with van der Waals surface area (Å²) in [4.78, 5) is 15.2. The van der Waals surface area contributed by atoms with Crippen LogP contribution in [0.2, 0.25) is 0 Å². The average Bonchev–Trinajstić information content (AvgIpc) is 3.39. The van der Waals surface area contributed by atoms with Gasteiger partial charge < -0.3 is 9.64 Å². The number of carbonyl (C=O) groups is 1. The van der Waals surface area contributed by atoms with E-state index in [-0.39, 0.29) is 11.2 Å². The van der Waals surface area contributed by atoms with Gasteiger partial charge in [-0.15, -0.1) is 5.10 Å². The van der Waals surface area contributed by atoms with Gasteiger partial charge in [-0.3, -0.25) is 4.79 Å². The molecule has 0 saturated carbocycles. The van der Waals surface area contributed by atoms with Crippen molar-refractivity contribution in [3.63, 3.8) is 0 Å². The average molecular weight is 523 g/mol. The first kappa shape index (κ1) is 26.8. The minimum absolute atomic E-state index is 0.0347. The summed E-state index contributed by atoms with van der Waals surface area (Å²) in [5.41, 5.74) is 6.13. The minimum Gasteiger partial charge on any atom is -0.490 e. The summed E-state index contributed by atoms with van der Waals surface area (Å²) in [5, 5.41) is 8.31. The number of hydrogen-bond donors (Lipinski definition) is 0. The molecule has 0 spiro atoms. The van der Waals surface area contributed by atoms with Crippen LogP contribution < -0.4 is 4.74 Å². The maximum absolute atomic E-state index is 12.9. The molecular formula is C33H38N4O2. The van der Waals surface area contributed by atoms with Gasteiger partial charge in [0.25, 0.3) is 0 Å². The lowest BCUT2D eigenvalue weighted by atomic mass is 9.87. The number of Topliss-reactive ketones (excluding diaryl/α,β-unsaturated/α-hetero) is 1. The molecule has 0 bridgehead atoms. The van der Waals surface area contributed by atoms with Crippen LogP contribution in [0.5, 0.6) is 5.75 Å². The number of aromatic nitrogens is 3. The Kier molecular flexibility index (Phi) is 7.94. The fourth-order valence-corrected chi connectivity index (χ4v) is 4.91. The Morgan fingerprint density at radius 2 is 1.46 bits per heavy atom. The molecule has 1 aliphatic rings. The molecule has 4 aromatic rings. The number of hydrogen-bond acceptors (Lipinski definition) is 5. The predicted octanol–water partition coefficient (Wildman–Crippen LogP) is 6.19. The number of ether oxygens (including phenoxy) is 1. The lowest BCUT2D eigenvalue weighted by Crippen LogP contribution is -2.35. The Morgan fingerprint density at radius 1 is 0.872 bits per heavy atom. The van der Waals surface area contributed by atoms with Crippen LogP contribution in [-0.2, 0) is 18.4 Å². The van der Waals surface area contributed by atoms with Crippen molar-refractivity contribution in [1.29, 1.82) is 0 Å². The van der Waals surface area contributed by atoms with Crippen LogP contribution in [0.1, 0.15) is 60.8 Å². The fourth-order valence-electron chi connectivity index (χ4n) is 4.91. The van der Waals surface area contributed by atoms with Gasteiger partial charge in [-0.1, -0.05) is 86.6 Å². The normalized spacial score (nSPS) is 14.9. The minimum atomic E-state index is -0.0347. The molecule has 1 saturated heterocycles. The van der Waals surface area contributed by atoms with Crippen LogP contribution in [0.4, 0.5) is 0 Å². The van der Waals surface area contributed by atoms with Gasteiger partial charge in [0.05, 0.1) is 12.7 Å². The summed E-state index contributed by atoms with van der Waals surface area (Å²) in [6.45, 7) is 9.37. The van der Waals surface area contributed by atoms with E-state index in [0.29, 0.717) is 24.8 Å². The summed E-state index contributed by atoms with van der Waals surface area (Å²) >= 11 is 0. The third-order valence-electron chi connectivity index (χ3n) is 7.46. The van der Waals surface area contributed by atoms with Crippen molar-refractivity contribution in [3.8, 4) is 16.9 Å². The monoisotopic (exact) mass is 522 g/mol. The first-order chi connectivity index (χ1) is 18.7. The van der Waals surface area contributed by atoms with E-state index < -0.39 is 0 Å². The van der Waals surface area contributed by atoms with Gasteiger partial charge in [-0.25, -0.2) is 4.68 Å². The molecule has 2 heterocycles. The molecule has 1 aromatic heterocycles. The molecule has 202 valence electrons. The van der Waals surface area contributed by atoms with Crippen molar-refractivity contribution in [1.82, 2.24) is 19.9 Å². The second-order valence-electron chi connectivity index (χ2n) is 11.7. The van der Waals surface area contributed by atoms with E-state index in [1.807, 2.05) is 24.3 Å². The smallest absolute Gasteiger partial charge is 0.189 e. The van der Waals surface area contributed by atoms with Gasteiger partial charge in [-0.2, -0.15) is 0 Å². The van der Waals surface area contributed by atoms with Crippen molar-refractivity contribution < 1.29 is 9.53 Å². The van der Waals surface area contributed by atoms with E-state index in [0.717, 1.165) is 53.9 Å². The summed E-state index contributed by atoms with van der Waals surface area (Å²) < 4.78 is 7.90. The van der Waals surface area contributed by atoms with Gasteiger partial charge >= 0.3 is 0 Å². The molecule has 3 aromatic carbocycles. The van der Waals surface area contributed by atoms with Crippen LogP contribution in [0, 0.1) is 0 Å². The summed E-state index contributed by atoms with van der Waals surface area (Å²) in [6, 6.07) is 25.0. The highest BCUT2D eigenvalue weighted by molar-refractivity contribution is 5.95. The molecular weight excluding hydrogens is 484 g/mol. The van der Waals surface area contributed by atoms with Gasteiger partial charge in [0.1, 0.15) is 17.5 Å². The Labute approximate surface area is 231 Å². The molecule has 0 N–H and O–H groups in total. The second-order valence-corrected chi connectivity index (χ2v) is 11.7. The van der Waals surface area contributed by atoms with Crippen LogP contribution in [-0.4, -0.2) is 51.9 Å². The standard InChI is InChI=1S/C33H38N4O2/c1-33(2,3)28-13-7-25(8-14-28)22-37-23-31(34-35-37)32(38)21-24-5-9-26(10-6-24)27-11-15-29(16-12-27)39-30-17-19-36(4)20-18-30/h5-16,23,30H,17-22H2,1-4H3. The highest BCUT2D eigenvalue weighted by atomic mass is 16.5.